The quantitative estimate of drug-likeness (QED) is 0.616. The molecule has 1 saturated carbocycles. The van der Waals surface area contributed by atoms with E-state index in [0.29, 0.717) is 12.3 Å². The van der Waals surface area contributed by atoms with E-state index >= 15 is 0 Å². The summed E-state index contributed by atoms with van der Waals surface area (Å²) in [5, 5.41) is 8.20. The Labute approximate surface area is 128 Å². The molecule has 110 valence electrons. The molecule has 0 saturated heterocycles. The molecular formula is C16H21BrO3. The van der Waals surface area contributed by atoms with Crippen molar-refractivity contribution in [3.8, 4) is 0 Å². The molecule has 0 amide bonds. The summed E-state index contributed by atoms with van der Waals surface area (Å²) < 4.78 is 1.19. The average Bonchev–Trinajstić information content (AvgIpc) is 2.48. The van der Waals surface area contributed by atoms with Gasteiger partial charge in [0.15, 0.2) is 0 Å². The Morgan fingerprint density at radius 3 is 2.70 bits per heavy atom. The lowest BCUT2D eigenvalue weighted by Crippen LogP contribution is -2.05. The highest BCUT2D eigenvalue weighted by Gasteiger charge is 2.17. The fourth-order valence-corrected chi connectivity index (χ4v) is 3.70. The highest BCUT2D eigenvalue weighted by atomic mass is 79.9. The van der Waals surface area contributed by atoms with Crippen molar-refractivity contribution in [1.82, 2.24) is 0 Å². The summed E-state index contributed by atoms with van der Waals surface area (Å²) in [6, 6.07) is 6.53. The molecular weight excluding hydrogens is 320 g/mol. The molecule has 20 heavy (non-hydrogen) atoms. The van der Waals surface area contributed by atoms with Crippen LogP contribution < -0.4 is 0 Å². The van der Waals surface area contributed by atoms with E-state index in [9.17, 15) is 4.79 Å². The third kappa shape index (κ3) is 4.32. The van der Waals surface area contributed by atoms with Crippen molar-refractivity contribution in [2.75, 3.05) is 0 Å². The molecule has 0 spiro atoms. The Morgan fingerprint density at radius 2 is 2.05 bits per heavy atom. The van der Waals surface area contributed by atoms with Gasteiger partial charge in [-0.05, 0) is 48.8 Å². The molecule has 0 atom stereocenters. The monoisotopic (exact) mass is 340 g/mol. The summed E-state index contributed by atoms with van der Waals surface area (Å²) in [5.41, 5.74) is 2.63. The van der Waals surface area contributed by atoms with Crippen LogP contribution in [0, 0.1) is 0 Å². The van der Waals surface area contributed by atoms with Gasteiger partial charge in [0.2, 0.25) is 0 Å². The molecule has 0 aromatic heterocycles. The zero-order valence-corrected chi connectivity index (χ0v) is 13.2. The Hall–Kier alpha value is -0.870. The molecule has 1 aromatic carbocycles. The number of carbonyl (C=O) groups is 1. The number of aryl methyl sites for hydroxylation is 1. The van der Waals surface area contributed by atoms with Crippen LogP contribution in [-0.4, -0.2) is 11.2 Å². The van der Waals surface area contributed by atoms with Crippen LogP contribution in [0.25, 0.3) is 0 Å². The van der Waals surface area contributed by atoms with Gasteiger partial charge in [-0.3, -0.25) is 0 Å². The largest absolute Gasteiger partial charge is 0.342 e. The molecule has 4 heteroatoms. The Balaban J connectivity index is 1.93. The molecule has 1 fully saturated rings. The number of rotatable bonds is 5. The van der Waals surface area contributed by atoms with Gasteiger partial charge in [0.05, 0.1) is 0 Å². The minimum atomic E-state index is -0.567. The van der Waals surface area contributed by atoms with Crippen molar-refractivity contribution in [3.63, 3.8) is 0 Å². The van der Waals surface area contributed by atoms with Crippen LogP contribution in [0.4, 0.5) is 0 Å². The maximum atomic E-state index is 10.8. The van der Waals surface area contributed by atoms with Crippen molar-refractivity contribution in [3.05, 3.63) is 33.8 Å². The molecule has 0 radical (unpaired) electrons. The summed E-state index contributed by atoms with van der Waals surface area (Å²) in [6.07, 6.45) is 8.38. The van der Waals surface area contributed by atoms with Crippen LogP contribution in [-0.2, 0) is 16.1 Å². The Bertz CT molecular complexity index is 453. The van der Waals surface area contributed by atoms with Crippen LogP contribution in [0.5, 0.6) is 0 Å². The van der Waals surface area contributed by atoms with E-state index in [-0.39, 0.29) is 6.42 Å². The van der Waals surface area contributed by atoms with Crippen LogP contribution in [0.1, 0.15) is 62.0 Å². The minimum absolute atomic E-state index is 0.249. The topological polar surface area (TPSA) is 46.5 Å². The molecule has 2 rings (SSSR count). The second-order valence-electron chi connectivity index (χ2n) is 5.51. The fraction of sp³-hybridized carbons (Fsp3) is 0.562. The Kier molecular flexibility index (Phi) is 6.05. The smallest absolute Gasteiger partial charge is 0.301 e. The van der Waals surface area contributed by atoms with E-state index < -0.39 is 5.97 Å². The summed E-state index contributed by atoms with van der Waals surface area (Å²) in [5.74, 6) is 0.124. The molecule has 0 bridgehead atoms. The molecule has 1 aromatic rings. The van der Waals surface area contributed by atoms with Gasteiger partial charge in [-0.1, -0.05) is 47.3 Å². The van der Waals surface area contributed by atoms with Gasteiger partial charge in [-0.15, -0.1) is 0 Å². The molecule has 0 heterocycles. The van der Waals surface area contributed by atoms with Crippen LogP contribution in [0.3, 0.4) is 0 Å². The average molecular weight is 341 g/mol. The minimum Gasteiger partial charge on any atom is -0.301 e. The summed E-state index contributed by atoms with van der Waals surface area (Å²) in [7, 11) is 0. The third-order valence-electron chi connectivity index (χ3n) is 4.06. The van der Waals surface area contributed by atoms with Crippen LogP contribution in [0.2, 0.25) is 0 Å². The normalized spacial score (nSPS) is 16.1. The highest BCUT2D eigenvalue weighted by Crippen LogP contribution is 2.36. The first-order valence-electron chi connectivity index (χ1n) is 7.33. The zero-order chi connectivity index (χ0) is 14.4. The lowest BCUT2D eigenvalue weighted by molar-refractivity contribution is -0.234. The predicted octanol–water partition coefficient (Wildman–Crippen LogP) is 4.84. The molecule has 0 aliphatic heterocycles. The first-order valence-corrected chi connectivity index (χ1v) is 8.12. The van der Waals surface area contributed by atoms with Crippen molar-refractivity contribution < 1.29 is 14.9 Å². The van der Waals surface area contributed by atoms with E-state index in [2.05, 4.69) is 39.0 Å². The van der Waals surface area contributed by atoms with E-state index in [1.165, 1.54) is 47.7 Å². The summed E-state index contributed by atoms with van der Waals surface area (Å²) in [4.78, 5) is 14.5. The van der Waals surface area contributed by atoms with Crippen LogP contribution >= 0.6 is 15.9 Å². The van der Waals surface area contributed by atoms with Crippen LogP contribution in [0.15, 0.2) is 22.7 Å². The molecule has 0 unspecified atom stereocenters. The van der Waals surface area contributed by atoms with Gasteiger partial charge in [0.25, 0.3) is 0 Å². The fourth-order valence-electron chi connectivity index (χ4n) is 2.95. The molecule has 1 aliphatic rings. The lowest BCUT2D eigenvalue weighted by atomic mass is 9.84. The third-order valence-corrected chi connectivity index (χ3v) is 4.74. The van der Waals surface area contributed by atoms with E-state index in [1.54, 1.807) is 0 Å². The maximum absolute atomic E-state index is 10.8. The second-order valence-corrected chi connectivity index (χ2v) is 6.36. The van der Waals surface area contributed by atoms with Gasteiger partial charge in [0, 0.05) is 10.9 Å². The highest BCUT2D eigenvalue weighted by molar-refractivity contribution is 9.10. The number of carbonyl (C=O) groups excluding carboxylic acids is 1. The van der Waals surface area contributed by atoms with Crippen molar-refractivity contribution >= 4 is 21.9 Å². The van der Waals surface area contributed by atoms with Gasteiger partial charge in [-0.2, -0.15) is 5.26 Å². The molecule has 3 nitrogen and oxygen atoms in total. The maximum Gasteiger partial charge on any atom is 0.342 e. The first-order chi connectivity index (χ1) is 9.70. The number of benzene rings is 1. The van der Waals surface area contributed by atoms with Crippen molar-refractivity contribution in [2.24, 2.45) is 0 Å². The second kappa shape index (κ2) is 7.79. The molecule has 1 N–H and O–H groups in total. The lowest BCUT2D eigenvalue weighted by Gasteiger charge is -2.23. The van der Waals surface area contributed by atoms with E-state index in [0.717, 1.165) is 6.42 Å². The van der Waals surface area contributed by atoms with Crippen molar-refractivity contribution in [2.45, 2.75) is 57.3 Å². The molecule has 1 aliphatic carbocycles. The number of hydrogen-bond acceptors (Lipinski definition) is 3. The van der Waals surface area contributed by atoms with Gasteiger partial charge >= 0.3 is 5.97 Å². The van der Waals surface area contributed by atoms with Gasteiger partial charge in [0.1, 0.15) is 0 Å². The standard InChI is InChI=1S/C16H21BrO3/c17-15-11-12(5-4-8-16(18)20-19)9-10-14(15)13-6-2-1-3-7-13/h9-11,13,19H,1-8H2. The number of halogens is 1. The van der Waals surface area contributed by atoms with E-state index in [1.807, 2.05) is 0 Å². The SMILES string of the molecule is O=C(CCCc1ccc(C2CCCCC2)c(Br)c1)OO. The number of hydrogen-bond donors (Lipinski definition) is 1. The zero-order valence-electron chi connectivity index (χ0n) is 11.6. The van der Waals surface area contributed by atoms with Gasteiger partial charge in [-0.25, -0.2) is 4.79 Å². The van der Waals surface area contributed by atoms with Crippen molar-refractivity contribution in [1.29, 1.82) is 0 Å². The summed E-state index contributed by atoms with van der Waals surface area (Å²) >= 11 is 3.69. The Morgan fingerprint density at radius 1 is 1.30 bits per heavy atom. The first kappa shape index (κ1) is 15.5. The van der Waals surface area contributed by atoms with Gasteiger partial charge < -0.3 is 4.89 Å². The van der Waals surface area contributed by atoms with E-state index in [4.69, 9.17) is 5.26 Å². The predicted molar refractivity (Wildman–Crippen MR) is 81.6 cm³/mol. The summed E-state index contributed by atoms with van der Waals surface area (Å²) in [6.45, 7) is 0.